The number of benzene rings is 2. The van der Waals surface area contributed by atoms with Crippen LogP contribution >= 0.6 is 11.8 Å². The number of rotatable bonds is 3. The van der Waals surface area contributed by atoms with Gasteiger partial charge in [0.05, 0.1) is 5.69 Å². The Bertz CT molecular complexity index is 713. The number of nitrogens with zero attached hydrogens (tertiary/aromatic N) is 1. The molecular weight excluding hydrogens is 296 g/mol. The summed E-state index contributed by atoms with van der Waals surface area (Å²) in [5.74, 6) is 0.0171. The molecular formula is C17H18N2O2S. The number of hydrogen-bond acceptors (Lipinski definition) is 4. The molecule has 114 valence electrons. The Kier molecular flexibility index (Phi) is 3.85. The van der Waals surface area contributed by atoms with Crippen molar-refractivity contribution in [3.05, 3.63) is 59.2 Å². The summed E-state index contributed by atoms with van der Waals surface area (Å²) in [5.41, 5.74) is 8.76. The summed E-state index contributed by atoms with van der Waals surface area (Å²) in [5, 5.41) is 11.4. The molecule has 1 unspecified atom stereocenters. The number of hydrogen-bond donors (Lipinski definition) is 2. The van der Waals surface area contributed by atoms with E-state index in [9.17, 15) is 10.0 Å². The number of thioether (sulfide) groups is 1. The number of carbonyl (C=O) groups excluding carboxylic acids is 1. The lowest BCUT2D eigenvalue weighted by Crippen LogP contribution is -2.18. The Balaban J connectivity index is 1.89. The van der Waals surface area contributed by atoms with Gasteiger partial charge in [0.1, 0.15) is 5.37 Å². The summed E-state index contributed by atoms with van der Waals surface area (Å²) in [4.78, 5) is 12.1. The van der Waals surface area contributed by atoms with Crippen LogP contribution in [0.2, 0.25) is 0 Å². The molecule has 0 aliphatic carbocycles. The van der Waals surface area contributed by atoms with Crippen LogP contribution in [-0.2, 0) is 0 Å². The summed E-state index contributed by atoms with van der Waals surface area (Å²) in [6.45, 7) is 4.30. The van der Waals surface area contributed by atoms with Crippen LogP contribution in [-0.4, -0.2) is 11.1 Å². The highest BCUT2D eigenvalue weighted by Gasteiger charge is 2.31. The maximum Gasteiger partial charge on any atom is 0.248 e. The number of carbonyl (C=O) groups is 1. The second-order valence-corrected chi connectivity index (χ2v) is 6.80. The second kappa shape index (κ2) is 5.66. The zero-order chi connectivity index (χ0) is 15.9. The van der Waals surface area contributed by atoms with Crippen molar-refractivity contribution in [1.82, 2.24) is 0 Å². The summed E-state index contributed by atoms with van der Waals surface area (Å²) >= 11 is 1.51. The van der Waals surface area contributed by atoms with E-state index in [0.717, 1.165) is 10.5 Å². The molecule has 1 atom stereocenters. The van der Waals surface area contributed by atoms with Crippen LogP contribution in [0.15, 0.2) is 47.4 Å². The molecule has 4 nitrogen and oxygen atoms in total. The van der Waals surface area contributed by atoms with Crippen molar-refractivity contribution in [2.24, 2.45) is 5.73 Å². The maximum atomic E-state index is 11.3. The minimum Gasteiger partial charge on any atom is -0.366 e. The van der Waals surface area contributed by atoms with Gasteiger partial charge < -0.3 is 5.73 Å². The van der Waals surface area contributed by atoms with Gasteiger partial charge in [-0.25, -0.2) is 5.06 Å². The Morgan fingerprint density at radius 3 is 2.50 bits per heavy atom. The molecule has 0 saturated carbocycles. The smallest absolute Gasteiger partial charge is 0.248 e. The van der Waals surface area contributed by atoms with Gasteiger partial charge in [-0.3, -0.25) is 10.0 Å². The molecule has 0 bridgehead atoms. The highest BCUT2D eigenvalue weighted by atomic mass is 32.2. The minimum absolute atomic E-state index is 0.209. The van der Waals surface area contributed by atoms with Crippen LogP contribution in [0.3, 0.4) is 0 Å². The maximum absolute atomic E-state index is 11.3. The molecule has 2 aromatic rings. The lowest BCUT2D eigenvalue weighted by atomic mass is 10.0. The average molecular weight is 314 g/mol. The Morgan fingerprint density at radius 1 is 1.23 bits per heavy atom. The molecule has 22 heavy (non-hydrogen) atoms. The number of primary amides is 1. The van der Waals surface area contributed by atoms with Gasteiger partial charge in [-0.05, 0) is 35.2 Å². The van der Waals surface area contributed by atoms with Gasteiger partial charge in [0.2, 0.25) is 5.91 Å². The van der Waals surface area contributed by atoms with Gasteiger partial charge in [-0.15, -0.1) is 0 Å². The highest BCUT2D eigenvalue weighted by molar-refractivity contribution is 8.00. The third-order valence-electron chi connectivity index (χ3n) is 3.84. The molecule has 2 aromatic carbocycles. The molecule has 3 rings (SSSR count). The second-order valence-electron chi connectivity index (χ2n) is 5.68. The van der Waals surface area contributed by atoms with E-state index in [4.69, 9.17) is 5.73 Å². The topological polar surface area (TPSA) is 66.6 Å². The quantitative estimate of drug-likeness (QED) is 0.901. The van der Waals surface area contributed by atoms with Crippen LogP contribution in [0.4, 0.5) is 5.69 Å². The molecule has 3 N–H and O–H groups in total. The Morgan fingerprint density at radius 2 is 1.91 bits per heavy atom. The molecule has 1 amide bonds. The Hall–Kier alpha value is -1.98. The number of hydroxylamine groups is 1. The molecule has 1 heterocycles. The van der Waals surface area contributed by atoms with Crippen LogP contribution in [0.5, 0.6) is 0 Å². The number of fused-ring (bicyclic) bond motifs is 1. The first-order valence-corrected chi connectivity index (χ1v) is 8.04. The van der Waals surface area contributed by atoms with Crippen molar-refractivity contribution in [3.8, 4) is 0 Å². The zero-order valence-electron chi connectivity index (χ0n) is 12.5. The third kappa shape index (κ3) is 2.58. The SMILES string of the molecule is CC(C)c1ccc(C2Sc3cc(C(N)=O)ccc3N2O)cc1. The fourth-order valence-corrected chi connectivity index (χ4v) is 3.73. The lowest BCUT2D eigenvalue weighted by Gasteiger charge is -2.20. The largest absolute Gasteiger partial charge is 0.366 e. The van der Waals surface area contributed by atoms with E-state index in [1.807, 2.05) is 12.1 Å². The summed E-state index contributed by atoms with van der Waals surface area (Å²) in [7, 11) is 0. The predicted molar refractivity (Wildman–Crippen MR) is 88.4 cm³/mol. The van der Waals surface area contributed by atoms with Crippen LogP contribution in [0, 0.1) is 0 Å². The van der Waals surface area contributed by atoms with Gasteiger partial charge in [0, 0.05) is 10.5 Å². The average Bonchev–Trinajstić information content (AvgIpc) is 2.84. The molecule has 0 spiro atoms. The first kappa shape index (κ1) is 14.9. The van der Waals surface area contributed by atoms with Crippen LogP contribution in [0.25, 0.3) is 0 Å². The first-order chi connectivity index (χ1) is 10.5. The van der Waals surface area contributed by atoms with Gasteiger partial charge >= 0.3 is 0 Å². The molecule has 1 aliphatic rings. The molecule has 5 heteroatoms. The first-order valence-electron chi connectivity index (χ1n) is 7.16. The third-order valence-corrected chi connectivity index (χ3v) is 5.12. The zero-order valence-corrected chi connectivity index (χ0v) is 13.3. The molecule has 0 fully saturated rings. The molecule has 0 radical (unpaired) electrons. The van der Waals surface area contributed by atoms with Crippen LogP contribution in [0.1, 0.15) is 46.6 Å². The molecule has 1 aliphatic heterocycles. The van der Waals surface area contributed by atoms with E-state index in [-0.39, 0.29) is 5.37 Å². The normalized spacial score (nSPS) is 16.9. The monoisotopic (exact) mass is 314 g/mol. The van der Waals surface area contributed by atoms with Gasteiger partial charge in [-0.2, -0.15) is 0 Å². The molecule has 0 aromatic heterocycles. The van der Waals surface area contributed by atoms with Gasteiger partial charge in [0.25, 0.3) is 0 Å². The Labute approximate surface area is 133 Å². The molecule has 0 saturated heterocycles. The predicted octanol–water partition coefficient (Wildman–Crippen LogP) is 3.91. The van der Waals surface area contributed by atoms with E-state index in [0.29, 0.717) is 17.2 Å². The van der Waals surface area contributed by atoms with Crippen molar-refractivity contribution in [1.29, 1.82) is 0 Å². The highest BCUT2D eigenvalue weighted by Crippen LogP contribution is 2.50. The van der Waals surface area contributed by atoms with E-state index < -0.39 is 5.91 Å². The number of amides is 1. The van der Waals surface area contributed by atoms with E-state index in [1.54, 1.807) is 18.2 Å². The van der Waals surface area contributed by atoms with Gasteiger partial charge in [-0.1, -0.05) is 49.9 Å². The lowest BCUT2D eigenvalue weighted by molar-refractivity contribution is 0.1000. The number of anilines is 1. The fourth-order valence-electron chi connectivity index (χ4n) is 2.50. The fraction of sp³-hybridized carbons (Fsp3) is 0.235. The van der Waals surface area contributed by atoms with Gasteiger partial charge in [0.15, 0.2) is 0 Å². The van der Waals surface area contributed by atoms with Crippen molar-refractivity contribution < 1.29 is 10.0 Å². The van der Waals surface area contributed by atoms with Crippen molar-refractivity contribution >= 4 is 23.4 Å². The van der Waals surface area contributed by atoms with Crippen molar-refractivity contribution in [2.75, 3.05) is 5.06 Å². The van der Waals surface area contributed by atoms with E-state index in [2.05, 4.69) is 26.0 Å². The van der Waals surface area contributed by atoms with E-state index >= 15 is 0 Å². The summed E-state index contributed by atoms with van der Waals surface area (Å²) in [6, 6.07) is 13.3. The van der Waals surface area contributed by atoms with E-state index in [1.165, 1.54) is 22.4 Å². The van der Waals surface area contributed by atoms with Crippen molar-refractivity contribution in [2.45, 2.75) is 30.0 Å². The van der Waals surface area contributed by atoms with Crippen LogP contribution < -0.4 is 10.8 Å². The standard InChI is InChI=1S/C17H18N2O2S/c1-10(2)11-3-5-12(6-4-11)17-19(21)14-8-7-13(16(18)20)9-15(14)22-17/h3-10,17,21H,1-2H3,(H2,18,20). The number of nitrogens with two attached hydrogens (primary N) is 1. The summed E-state index contributed by atoms with van der Waals surface area (Å²) in [6.07, 6.45) is 0. The van der Waals surface area contributed by atoms with Crippen molar-refractivity contribution in [3.63, 3.8) is 0 Å². The minimum atomic E-state index is -0.461. The summed E-state index contributed by atoms with van der Waals surface area (Å²) < 4.78 is 0.